The summed E-state index contributed by atoms with van der Waals surface area (Å²) in [5.74, 6) is 0.674. The third kappa shape index (κ3) is 6.94. The number of aliphatic hydroxyl groups is 2. The van der Waals surface area contributed by atoms with E-state index < -0.39 is 18.3 Å². The van der Waals surface area contributed by atoms with Crippen molar-refractivity contribution in [3.8, 4) is 5.75 Å². The van der Waals surface area contributed by atoms with Crippen molar-refractivity contribution in [3.63, 3.8) is 0 Å². The number of H-pyrrole nitrogens is 2. The zero-order valence-electron chi connectivity index (χ0n) is 20.8. The Morgan fingerprint density at radius 3 is 2.87 bits per heavy atom. The molecule has 0 saturated heterocycles. The van der Waals surface area contributed by atoms with Gasteiger partial charge in [0.1, 0.15) is 22.2 Å². The van der Waals surface area contributed by atoms with Crippen LogP contribution in [0.5, 0.6) is 5.75 Å². The summed E-state index contributed by atoms with van der Waals surface area (Å²) in [7, 11) is 1.40. The number of carbonyl (C=O) groups is 1. The predicted octanol–water partition coefficient (Wildman–Crippen LogP) is 4.47. The summed E-state index contributed by atoms with van der Waals surface area (Å²) in [6.45, 7) is -0.259. The van der Waals surface area contributed by atoms with E-state index in [1.165, 1.54) is 25.1 Å². The molecule has 38 heavy (non-hydrogen) atoms. The number of amides is 1. The number of aromatic nitrogens is 2. The van der Waals surface area contributed by atoms with Crippen LogP contribution in [-0.4, -0.2) is 51.8 Å². The number of thioether (sulfide) groups is 1. The zero-order valence-corrected chi connectivity index (χ0v) is 22.4. The lowest BCUT2D eigenvalue weighted by Crippen LogP contribution is -2.21. The van der Waals surface area contributed by atoms with Crippen LogP contribution in [0.25, 0.3) is 10.9 Å². The van der Waals surface area contributed by atoms with Gasteiger partial charge in [0.15, 0.2) is 6.29 Å². The second-order valence-corrected chi connectivity index (χ2v) is 10.1. The van der Waals surface area contributed by atoms with Gasteiger partial charge in [0.2, 0.25) is 0 Å². The number of hydrogen-bond donors (Lipinski definition) is 6. The Bertz CT molecular complexity index is 1440. The topological polar surface area (TPSA) is 146 Å². The highest BCUT2D eigenvalue weighted by molar-refractivity contribution is 8.03. The first kappa shape index (κ1) is 27.7. The number of fused-ring (bicyclic) bond motifs is 1. The molecule has 0 radical (unpaired) electrons. The van der Waals surface area contributed by atoms with E-state index in [0.717, 1.165) is 24.0 Å². The van der Waals surface area contributed by atoms with Crippen LogP contribution in [0.15, 0.2) is 71.4 Å². The summed E-state index contributed by atoms with van der Waals surface area (Å²) in [6, 6.07) is 8.53. The highest BCUT2D eigenvalue weighted by Crippen LogP contribution is 2.31. The standard InChI is InChI=1S/C27H30N4O5S2/c1-35-27(34)23(38-15-16-5-3-2-4-6-16)13-30-26(33)21-10-18-9-19(12-20(28)25(18)31-21)36-22(14-32)17-7-8-29-24(37)11-17/h3,5-13,22,27,31-32,34H,2,4,14-15,28H2,1H3,(H,29,37)(H,30,33)/b23-13+. The van der Waals surface area contributed by atoms with E-state index in [2.05, 4.69) is 33.5 Å². The third-order valence-electron chi connectivity index (χ3n) is 5.88. The monoisotopic (exact) mass is 554 g/mol. The van der Waals surface area contributed by atoms with Crippen molar-refractivity contribution >= 4 is 46.5 Å². The van der Waals surface area contributed by atoms with Crippen molar-refractivity contribution in [1.29, 1.82) is 0 Å². The molecule has 3 aromatic rings. The molecule has 200 valence electrons. The van der Waals surface area contributed by atoms with E-state index in [0.29, 0.717) is 37.6 Å². The Labute approximate surface area is 229 Å². The summed E-state index contributed by atoms with van der Waals surface area (Å²) < 4.78 is 11.6. The Balaban J connectivity index is 1.49. The van der Waals surface area contributed by atoms with Gasteiger partial charge in [-0.05, 0) is 48.2 Å². The summed E-state index contributed by atoms with van der Waals surface area (Å²) >= 11 is 6.55. The van der Waals surface area contributed by atoms with E-state index in [1.807, 2.05) is 0 Å². The number of pyridine rings is 1. The van der Waals surface area contributed by atoms with Crippen LogP contribution < -0.4 is 15.8 Å². The number of methoxy groups -OCH3 is 1. The van der Waals surface area contributed by atoms with E-state index in [9.17, 15) is 15.0 Å². The minimum Gasteiger partial charge on any atom is -0.483 e. The number of benzene rings is 1. The molecule has 2 heterocycles. The predicted molar refractivity (Wildman–Crippen MR) is 152 cm³/mol. The van der Waals surface area contributed by atoms with Crippen molar-refractivity contribution in [3.05, 3.63) is 87.3 Å². The lowest BCUT2D eigenvalue weighted by atomic mass is 10.1. The van der Waals surface area contributed by atoms with Crippen molar-refractivity contribution < 1.29 is 24.5 Å². The summed E-state index contributed by atoms with van der Waals surface area (Å²) in [5, 5.41) is 23.5. The molecule has 0 saturated carbocycles. The average Bonchev–Trinajstić information content (AvgIpc) is 3.37. The van der Waals surface area contributed by atoms with E-state index >= 15 is 0 Å². The maximum atomic E-state index is 12.9. The van der Waals surface area contributed by atoms with Crippen LogP contribution in [0.1, 0.15) is 35.0 Å². The van der Waals surface area contributed by atoms with Crippen molar-refractivity contribution in [2.75, 3.05) is 25.2 Å². The molecule has 7 N–H and O–H groups in total. The number of hydrogen-bond acceptors (Lipinski definition) is 8. The molecule has 1 amide bonds. The smallest absolute Gasteiger partial charge is 0.271 e. The fourth-order valence-corrected chi connectivity index (χ4v) is 5.06. The number of nitrogens with one attached hydrogen (secondary N) is 3. The van der Waals surface area contributed by atoms with Crippen molar-refractivity contribution in [1.82, 2.24) is 15.3 Å². The molecule has 0 spiro atoms. The van der Waals surface area contributed by atoms with Crippen molar-refractivity contribution in [2.45, 2.75) is 25.2 Å². The molecule has 2 unspecified atom stereocenters. The van der Waals surface area contributed by atoms with Gasteiger partial charge in [-0.3, -0.25) is 4.79 Å². The molecule has 1 aromatic carbocycles. The lowest BCUT2D eigenvalue weighted by molar-refractivity contribution is -0.0387. The third-order valence-corrected chi connectivity index (χ3v) is 7.25. The number of ether oxygens (including phenoxy) is 2. The van der Waals surface area contributed by atoms with Gasteiger partial charge in [-0.2, -0.15) is 0 Å². The minimum atomic E-state index is -1.16. The molecule has 4 rings (SSSR count). The normalized spacial score (nSPS) is 15.2. The fraction of sp³-hybridized carbons (Fsp3) is 0.259. The van der Waals surface area contributed by atoms with Crippen LogP contribution in [-0.2, 0) is 4.74 Å². The molecule has 0 fully saturated rings. The van der Waals surface area contributed by atoms with E-state index in [-0.39, 0.29) is 12.3 Å². The Morgan fingerprint density at radius 2 is 2.16 bits per heavy atom. The van der Waals surface area contributed by atoms with E-state index in [4.69, 9.17) is 27.4 Å². The molecule has 0 aliphatic heterocycles. The molecule has 2 aromatic heterocycles. The van der Waals surface area contributed by atoms with Crippen LogP contribution >= 0.6 is 24.0 Å². The quantitative estimate of drug-likeness (QED) is 0.116. The number of nitrogens with two attached hydrogens (primary N) is 1. The molecule has 1 aliphatic rings. The van der Waals surface area contributed by atoms with Crippen LogP contribution in [0.2, 0.25) is 0 Å². The Kier molecular flexibility index (Phi) is 9.43. The van der Waals surface area contributed by atoms with Gasteiger partial charge >= 0.3 is 0 Å². The number of anilines is 1. The van der Waals surface area contributed by atoms with Gasteiger partial charge in [-0.15, -0.1) is 11.8 Å². The number of nitrogen functional groups attached to an aromatic ring is 1. The number of allylic oxidation sites excluding steroid dienone is 3. The Hall–Kier alpha value is -3.35. The second-order valence-electron chi connectivity index (χ2n) is 8.59. The molecule has 1 aliphatic carbocycles. The zero-order chi connectivity index (χ0) is 27.1. The number of rotatable bonds is 11. The van der Waals surface area contributed by atoms with Crippen LogP contribution in [0.3, 0.4) is 0 Å². The number of carbonyl (C=O) groups excluding carboxylic acids is 1. The molecule has 2 atom stereocenters. The van der Waals surface area contributed by atoms with Crippen molar-refractivity contribution in [2.24, 2.45) is 0 Å². The average molecular weight is 555 g/mol. The maximum Gasteiger partial charge on any atom is 0.271 e. The van der Waals surface area contributed by atoms with Gasteiger partial charge in [0.25, 0.3) is 5.91 Å². The van der Waals surface area contributed by atoms with Gasteiger partial charge in [-0.1, -0.05) is 30.4 Å². The van der Waals surface area contributed by atoms with Crippen LogP contribution in [0, 0.1) is 4.64 Å². The van der Waals surface area contributed by atoms with Gasteiger partial charge in [0, 0.05) is 36.7 Å². The van der Waals surface area contributed by atoms with Gasteiger partial charge in [-0.25, -0.2) is 0 Å². The largest absolute Gasteiger partial charge is 0.483 e. The van der Waals surface area contributed by atoms with E-state index in [1.54, 1.807) is 36.5 Å². The number of aromatic amines is 2. The second kappa shape index (κ2) is 12.9. The minimum absolute atomic E-state index is 0.259. The maximum absolute atomic E-state index is 12.9. The van der Waals surface area contributed by atoms with Gasteiger partial charge in [0.05, 0.1) is 22.7 Å². The van der Waals surface area contributed by atoms with Gasteiger partial charge < -0.3 is 40.7 Å². The highest BCUT2D eigenvalue weighted by Gasteiger charge is 2.17. The van der Waals surface area contributed by atoms with Crippen LogP contribution in [0.4, 0.5) is 5.69 Å². The molecule has 9 nitrogen and oxygen atoms in total. The molecule has 0 bridgehead atoms. The SMILES string of the molecule is COC(O)/C(=C\NC(=O)c1cc2cc(OC(CO)c3cc[nH]c(=S)c3)cc(N)c2[nH]1)SCC1=CCCC=C1. The molecule has 11 heteroatoms. The first-order valence-corrected chi connectivity index (χ1v) is 13.4. The fourth-order valence-electron chi connectivity index (χ4n) is 3.93. The number of aliphatic hydroxyl groups excluding tert-OH is 2. The summed E-state index contributed by atoms with van der Waals surface area (Å²) in [5.41, 5.74) is 9.36. The Morgan fingerprint density at radius 1 is 1.32 bits per heavy atom. The lowest BCUT2D eigenvalue weighted by Gasteiger charge is -2.17. The molecular formula is C27H30N4O5S2. The summed E-state index contributed by atoms with van der Waals surface area (Å²) in [6.07, 6.45) is 9.70. The first-order valence-electron chi connectivity index (χ1n) is 12.0. The highest BCUT2D eigenvalue weighted by atomic mass is 32.2. The summed E-state index contributed by atoms with van der Waals surface area (Å²) in [4.78, 5) is 19.3. The molecular weight excluding hydrogens is 524 g/mol. The first-order chi connectivity index (χ1) is 18.4.